The van der Waals surface area contributed by atoms with Crippen LogP contribution < -0.4 is 0 Å². The number of Topliss-reactive ketones (excluding diaryl/α,β-unsaturated/α-hetero) is 1. The number of unbranched alkanes of at least 4 members (excludes halogenated alkanes) is 1. The molecule has 0 bridgehead atoms. The van der Waals surface area contributed by atoms with Crippen LogP contribution >= 0.6 is 0 Å². The van der Waals surface area contributed by atoms with E-state index < -0.39 is 5.97 Å². The lowest BCUT2D eigenvalue weighted by atomic mass is 10.3. The van der Waals surface area contributed by atoms with Crippen molar-refractivity contribution >= 4 is 11.8 Å². The Labute approximate surface area is 78.2 Å². The van der Waals surface area contributed by atoms with E-state index in [-0.39, 0.29) is 12.2 Å². The van der Waals surface area contributed by atoms with E-state index in [2.05, 4.69) is 0 Å². The van der Waals surface area contributed by atoms with Crippen LogP contribution in [-0.2, 0) is 19.1 Å². The second-order valence-electron chi connectivity index (χ2n) is 2.80. The lowest BCUT2D eigenvalue weighted by molar-refractivity contribution is -0.145. The Balaban J connectivity index is 3.22. The molecule has 13 heavy (non-hydrogen) atoms. The molecule has 4 heteroatoms. The van der Waals surface area contributed by atoms with E-state index in [0.29, 0.717) is 13.2 Å². The zero-order chi connectivity index (χ0) is 10.1. The molecule has 0 atom stereocenters. The summed E-state index contributed by atoms with van der Waals surface area (Å²) in [5, 5.41) is 0. The smallest absolute Gasteiger partial charge is 0.313 e. The average Bonchev–Trinajstić information content (AvgIpc) is 2.02. The molecule has 0 saturated carbocycles. The SMILES string of the molecule is COCCCCOC(=O)CC(C)=O. The van der Waals surface area contributed by atoms with Gasteiger partial charge in [0.25, 0.3) is 0 Å². The quantitative estimate of drug-likeness (QED) is 0.339. The lowest BCUT2D eigenvalue weighted by Crippen LogP contribution is -2.10. The fraction of sp³-hybridized carbons (Fsp3) is 0.778. The summed E-state index contributed by atoms with van der Waals surface area (Å²) >= 11 is 0. The number of hydrogen-bond acceptors (Lipinski definition) is 4. The summed E-state index contributed by atoms with van der Waals surface area (Å²) in [6, 6.07) is 0. The van der Waals surface area contributed by atoms with Gasteiger partial charge in [0, 0.05) is 13.7 Å². The van der Waals surface area contributed by atoms with Gasteiger partial charge in [0.05, 0.1) is 6.61 Å². The third-order valence-corrected chi connectivity index (χ3v) is 1.40. The number of esters is 1. The van der Waals surface area contributed by atoms with Crippen LogP contribution in [0.5, 0.6) is 0 Å². The monoisotopic (exact) mass is 188 g/mol. The molecule has 4 nitrogen and oxygen atoms in total. The van der Waals surface area contributed by atoms with Gasteiger partial charge >= 0.3 is 5.97 Å². The normalized spacial score (nSPS) is 9.69. The van der Waals surface area contributed by atoms with E-state index in [0.717, 1.165) is 12.8 Å². The number of carbonyl (C=O) groups is 2. The molecule has 0 rings (SSSR count). The number of carbonyl (C=O) groups excluding carboxylic acids is 2. The first-order valence-electron chi connectivity index (χ1n) is 4.31. The maximum absolute atomic E-state index is 10.8. The van der Waals surface area contributed by atoms with E-state index >= 15 is 0 Å². The Morgan fingerprint density at radius 1 is 1.15 bits per heavy atom. The van der Waals surface area contributed by atoms with Gasteiger partial charge in [-0.2, -0.15) is 0 Å². The van der Waals surface area contributed by atoms with Gasteiger partial charge in [-0.15, -0.1) is 0 Å². The fourth-order valence-electron chi connectivity index (χ4n) is 0.789. The molecule has 0 spiro atoms. The Kier molecular flexibility index (Phi) is 7.20. The van der Waals surface area contributed by atoms with Gasteiger partial charge in [0.15, 0.2) is 0 Å². The van der Waals surface area contributed by atoms with Gasteiger partial charge in [0.1, 0.15) is 12.2 Å². The molecule has 0 N–H and O–H groups in total. The van der Waals surface area contributed by atoms with Crippen molar-refractivity contribution in [1.82, 2.24) is 0 Å². The molecule has 0 amide bonds. The van der Waals surface area contributed by atoms with Crippen LogP contribution in [0, 0.1) is 0 Å². The highest BCUT2D eigenvalue weighted by Gasteiger charge is 2.05. The standard InChI is InChI=1S/C9H16O4/c1-8(10)7-9(11)13-6-4-3-5-12-2/h3-7H2,1-2H3. The van der Waals surface area contributed by atoms with Gasteiger partial charge in [-0.25, -0.2) is 0 Å². The molecule has 0 heterocycles. The molecule has 0 radical (unpaired) electrons. The predicted molar refractivity (Wildman–Crippen MR) is 47.4 cm³/mol. The number of hydrogen-bond donors (Lipinski definition) is 0. The van der Waals surface area contributed by atoms with Gasteiger partial charge < -0.3 is 9.47 Å². The molecule has 0 fully saturated rings. The highest BCUT2D eigenvalue weighted by molar-refractivity contribution is 5.94. The van der Waals surface area contributed by atoms with Crippen LogP contribution in [0.15, 0.2) is 0 Å². The van der Waals surface area contributed by atoms with Crippen LogP contribution in [-0.4, -0.2) is 32.1 Å². The Morgan fingerprint density at radius 2 is 1.77 bits per heavy atom. The second-order valence-corrected chi connectivity index (χ2v) is 2.80. The topological polar surface area (TPSA) is 52.6 Å². The molecule has 0 aromatic carbocycles. The summed E-state index contributed by atoms with van der Waals surface area (Å²) in [7, 11) is 1.63. The fourth-order valence-corrected chi connectivity index (χ4v) is 0.789. The van der Waals surface area contributed by atoms with Gasteiger partial charge in [0.2, 0.25) is 0 Å². The maximum Gasteiger partial charge on any atom is 0.313 e. The molecular formula is C9H16O4. The molecule has 0 aromatic heterocycles. The van der Waals surface area contributed by atoms with Gasteiger partial charge in [-0.1, -0.05) is 0 Å². The van der Waals surface area contributed by atoms with Crippen molar-refractivity contribution in [2.45, 2.75) is 26.2 Å². The van der Waals surface area contributed by atoms with Crippen molar-refractivity contribution < 1.29 is 19.1 Å². The molecule has 0 unspecified atom stereocenters. The van der Waals surface area contributed by atoms with Crippen molar-refractivity contribution in [3.63, 3.8) is 0 Å². The van der Waals surface area contributed by atoms with Crippen molar-refractivity contribution in [2.75, 3.05) is 20.3 Å². The van der Waals surface area contributed by atoms with Crippen LogP contribution in [0.1, 0.15) is 26.2 Å². The van der Waals surface area contributed by atoms with Crippen LogP contribution in [0.3, 0.4) is 0 Å². The molecule has 0 aliphatic carbocycles. The minimum Gasteiger partial charge on any atom is -0.465 e. The third kappa shape index (κ3) is 9.01. The summed E-state index contributed by atoms with van der Waals surface area (Å²) in [6.07, 6.45) is 1.52. The van der Waals surface area contributed by atoms with Crippen molar-refractivity contribution in [3.8, 4) is 0 Å². The summed E-state index contributed by atoms with van der Waals surface area (Å²) in [4.78, 5) is 21.3. The Hall–Kier alpha value is -0.900. The number of ether oxygens (including phenoxy) is 2. The first-order chi connectivity index (χ1) is 6.16. The highest BCUT2D eigenvalue weighted by Crippen LogP contribution is 1.93. The number of methoxy groups -OCH3 is 1. The maximum atomic E-state index is 10.8. The van der Waals surface area contributed by atoms with Crippen molar-refractivity contribution in [2.24, 2.45) is 0 Å². The zero-order valence-corrected chi connectivity index (χ0v) is 8.17. The van der Waals surface area contributed by atoms with E-state index in [1.165, 1.54) is 6.92 Å². The Morgan fingerprint density at radius 3 is 2.31 bits per heavy atom. The summed E-state index contributed by atoms with van der Waals surface area (Å²) in [5.41, 5.74) is 0. The average molecular weight is 188 g/mol. The predicted octanol–water partition coefficient (Wildman–Crippen LogP) is 0.935. The van der Waals surface area contributed by atoms with E-state index in [1.807, 2.05) is 0 Å². The summed E-state index contributed by atoms with van der Waals surface area (Å²) in [6.45, 7) is 2.41. The van der Waals surface area contributed by atoms with Crippen molar-refractivity contribution in [1.29, 1.82) is 0 Å². The largest absolute Gasteiger partial charge is 0.465 e. The van der Waals surface area contributed by atoms with Crippen LogP contribution in [0.4, 0.5) is 0 Å². The van der Waals surface area contributed by atoms with Crippen LogP contribution in [0.2, 0.25) is 0 Å². The summed E-state index contributed by atoms with van der Waals surface area (Å²) < 4.78 is 9.60. The number of ketones is 1. The first-order valence-corrected chi connectivity index (χ1v) is 4.31. The third-order valence-electron chi connectivity index (χ3n) is 1.40. The van der Waals surface area contributed by atoms with Crippen LogP contribution in [0.25, 0.3) is 0 Å². The lowest BCUT2D eigenvalue weighted by Gasteiger charge is -2.02. The highest BCUT2D eigenvalue weighted by atomic mass is 16.5. The minimum absolute atomic E-state index is 0.121. The second kappa shape index (κ2) is 7.73. The van der Waals surface area contributed by atoms with E-state index in [1.54, 1.807) is 7.11 Å². The zero-order valence-electron chi connectivity index (χ0n) is 8.17. The van der Waals surface area contributed by atoms with Gasteiger partial charge in [-0.3, -0.25) is 9.59 Å². The summed E-state index contributed by atoms with van der Waals surface area (Å²) in [5.74, 6) is -0.605. The van der Waals surface area contributed by atoms with E-state index in [4.69, 9.17) is 9.47 Å². The van der Waals surface area contributed by atoms with Gasteiger partial charge in [-0.05, 0) is 19.8 Å². The molecule has 0 aliphatic heterocycles. The molecular weight excluding hydrogens is 172 g/mol. The first kappa shape index (κ1) is 12.1. The molecule has 76 valence electrons. The van der Waals surface area contributed by atoms with E-state index in [9.17, 15) is 9.59 Å². The minimum atomic E-state index is -0.440. The molecule has 0 saturated heterocycles. The Bertz CT molecular complexity index is 165. The molecule has 0 aromatic rings. The van der Waals surface area contributed by atoms with Crippen molar-refractivity contribution in [3.05, 3.63) is 0 Å². The number of rotatable bonds is 7. The molecule has 0 aliphatic rings.